The number of aromatic nitrogens is 3. The second-order valence-corrected chi connectivity index (χ2v) is 4.62. The van der Waals surface area contributed by atoms with E-state index in [0.717, 1.165) is 11.1 Å². The van der Waals surface area contributed by atoms with Crippen molar-refractivity contribution in [3.8, 4) is 16.9 Å². The Morgan fingerprint density at radius 1 is 1.26 bits per heavy atom. The summed E-state index contributed by atoms with van der Waals surface area (Å²) < 4.78 is 20.6. The molecule has 2 heterocycles. The van der Waals surface area contributed by atoms with Gasteiger partial charge in [-0.15, -0.1) is 5.10 Å². The van der Waals surface area contributed by atoms with Crippen molar-refractivity contribution in [2.75, 3.05) is 7.11 Å². The van der Waals surface area contributed by atoms with Crippen molar-refractivity contribution in [2.45, 2.75) is 0 Å². The summed E-state index contributed by atoms with van der Waals surface area (Å²) in [5, 5.41) is 4.18. The third-order valence-corrected chi connectivity index (χ3v) is 3.13. The third-order valence-electron chi connectivity index (χ3n) is 2.79. The van der Waals surface area contributed by atoms with E-state index in [4.69, 9.17) is 4.74 Å². The molecular formula is C13H9BrFN3O. The van der Waals surface area contributed by atoms with Crippen molar-refractivity contribution in [3.63, 3.8) is 0 Å². The average Bonchev–Trinajstić information content (AvgIpc) is 2.78. The third kappa shape index (κ3) is 2.08. The molecule has 0 atom stereocenters. The van der Waals surface area contributed by atoms with Crippen LogP contribution in [0.2, 0.25) is 0 Å². The second kappa shape index (κ2) is 4.62. The van der Waals surface area contributed by atoms with Crippen molar-refractivity contribution in [1.82, 2.24) is 14.6 Å². The summed E-state index contributed by atoms with van der Waals surface area (Å²) in [5.74, 6) is 0.127. The summed E-state index contributed by atoms with van der Waals surface area (Å²) in [6, 6.07) is 8.17. The van der Waals surface area contributed by atoms with Crippen LogP contribution in [-0.4, -0.2) is 21.7 Å². The lowest BCUT2D eigenvalue weighted by molar-refractivity contribution is 0.413. The van der Waals surface area contributed by atoms with Gasteiger partial charge in [0.2, 0.25) is 4.73 Å². The van der Waals surface area contributed by atoms with E-state index in [2.05, 4.69) is 26.0 Å². The highest BCUT2D eigenvalue weighted by Crippen LogP contribution is 2.32. The maximum atomic E-state index is 13.2. The Morgan fingerprint density at radius 2 is 2.11 bits per heavy atom. The molecule has 0 aliphatic carbocycles. The smallest absolute Gasteiger partial charge is 0.218 e. The summed E-state index contributed by atoms with van der Waals surface area (Å²) in [5.41, 5.74) is 2.28. The average molecular weight is 322 g/mol. The Kier molecular flexibility index (Phi) is 2.94. The van der Waals surface area contributed by atoms with Crippen molar-refractivity contribution < 1.29 is 9.13 Å². The maximum Gasteiger partial charge on any atom is 0.218 e. The number of hydrogen-bond donors (Lipinski definition) is 0. The lowest BCUT2D eigenvalue weighted by Crippen LogP contribution is -1.93. The van der Waals surface area contributed by atoms with Crippen LogP contribution < -0.4 is 4.74 Å². The SMILES string of the molecule is COc1cc(F)ccc1-c1cccn2nc(Br)nc12. The number of fused-ring (bicyclic) bond motifs is 1. The quantitative estimate of drug-likeness (QED) is 0.727. The van der Waals surface area contributed by atoms with Gasteiger partial charge in [0.1, 0.15) is 11.6 Å². The molecule has 0 N–H and O–H groups in total. The molecule has 4 nitrogen and oxygen atoms in total. The van der Waals surface area contributed by atoms with E-state index >= 15 is 0 Å². The lowest BCUT2D eigenvalue weighted by Gasteiger charge is -2.09. The van der Waals surface area contributed by atoms with Crippen LogP contribution in [0.25, 0.3) is 16.8 Å². The van der Waals surface area contributed by atoms with Crippen molar-refractivity contribution >= 4 is 21.6 Å². The Labute approximate surface area is 117 Å². The van der Waals surface area contributed by atoms with Gasteiger partial charge in [0.05, 0.1) is 7.11 Å². The van der Waals surface area contributed by atoms with Crippen LogP contribution in [0.15, 0.2) is 41.3 Å². The van der Waals surface area contributed by atoms with E-state index in [1.54, 1.807) is 16.8 Å². The van der Waals surface area contributed by atoms with Gasteiger partial charge in [-0.25, -0.2) is 13.9 Å². The van der Waals surface area contributed by atoms with Crippen LogP contribution in [-0.2, 0) is 0 Å². The van der Waals surface area contributed by atoms with Crippen LogP contribution in [0, 0.1) is 5.82 Å². The summed E-state index contributed by atoms with van der Waals surface area (Å²) in [7, 11) is 1.51. The van der Waals surface area contributed by atoms with Gasteiger partial charge in [0.15, 0.2) is 5.65 Å². The Bertz CT molecular complexity index is 757. The molecule has 0 spiro atoms. The van der Waals surface area contributed by atoms with Crippen LogP contribution in [0.1, 0.15) is 0 Å². The minimum atomic E-state index is -0.338. The molecule has 3 aromatic rings. The molecule has 0 aliphatic rings. The first kappa shape index (κ1) is 12.1. The predicted octanol–water partition coefficient (Wildman–Crippen LogP) is 3.31. The molecule has 19 heavy (non-hydrogen) atoms. The van der Waals surface area contributed by atoms with Gasteiger partial charge in [-0.1, -0.05) is 0 Å². The number of benzene rings is 1. The van der Waals surface area contributed by atoms with Crippen LogP contribution >= 0.6 is 15.9 Å². The number of nitrogens with zero attached hydrogens (tertiary/aromatic N) is 3. The molecule has 0 amide bonds. The fourth-order valence-electron chi connectivity index (χ4n) is 1.98. The molecule has 3 rings (SSSR count). The van der Waals surface area contributed by atoms with E-state index in [9.17, 15) is 4.39 Å². The van der Waals surface area contributed by atoms with Crippen LogP contribution in [0.3, 0.4) is 0 Å². The lowest BCUT2D eigenvalue weighted by atomic mass is 10.1. The Balaban J connectivity index is 2.29. The van der Waals surface area contributed by atoms with Gasteiger partial charge in [0.25, 0.3) is 0 Å². The van der Waals surface area contributed by atoms with Crippen molar-refractivity contribution in [1.29, 1.82) is 0 Å². The first-order chi connectivity index (χ1) is 9.19. The number of methoxy groups -OCH3 is 1. The zero-order valence-corrected chi connectivity index (χ0v) is 11.6. The van der Waals surface area contributed by atoms with E-state index in [1.807, 2.05) is 12.1 Å². The molecule has 1 aromatic carbocycles. The number of rotatable bonds is 2. The maximum absolute atomic E-state index is 13.2. The highest BCUT2D eigenvalue weighted by Gasteiger charge is 2.13. The molecule has 96 valence electrons. The molecule has 0 saturated heterocycles. The Morgan fingerprint density at radius 3 is 2.89 bits per heavy atom. The summed E-state index contributed by atoms with van der Waals surface area (Å²) in [6.45, 7) is 0. The summed E-state index contributed by atoms with van der Waals surface area (Å²) in [6.07, 6.45) is 1.80. The van der Waals surface area contributed by atoms with Crippen LogP contribution in [0.4, 0.5) is 4.39 Å². The highest BCUT2D eigenvalue weighted by molar-refractivity contribution is 9.10. The molecule has 6 heteroatoms. The second-order valence-electron chi connectivity index (χ2n) is 3.92. The number of hydrogen-bond acceptors (Lipinski definition) is 3. The Hall–Kier alpha value is -1.95. The first-order valence-electron chi connectivity index (χ1n) is 5.54. The van der Waals surface area contributed by atoms with Crippen molar-refractivity contribution in [2.24, 2.45) is 0 Å². The number of pyridine rings is 1. The molecular weight excluding hydrogens is 313 g/mol. The van der Waals surface area contributed by atoms with Crippen molar-refractivity contribution in [3.05, 3.63) is 47.1 Å². The molecule has 2 aromatic heterocycles. The zero-order chi connectivity index (χ0) is 13.4. The van der Waals surface area contributed by atoms with E-state index in [1.165, 1.54) is 19.2 Å². The molecule has 0 saturated carbocycles. The zero-order valence-electron chi connectivity index (χ0n) is 9.97. The summed E-state index contributed by atoms with van der Waals surface area (Å²) >= 11 is 3.24. The highest BCUT2D eigenvalue weighted by atomic mass is 79.9. The fourth-order valence-corrected chi connectivity index (χ4v) is 2.32. The molecule has 0 bridgehead atoms. The molecule has 0 unspecified atom stereocenters. The van der Waals surface area contributed by atoms with Gasteiger partial charge in [0, 0.05) is 23.4 Å². The topological polar surface area (TPSA) is 39.4 Å². The summed E-state index contributed by atoms with van der Waals surface area (Å²) in [4.78, 5) is 4.31. The minimum Gasteiger partial charge on any atom is -0.496 e. The molecule has 0 fully saturated rings. The van der Waals surface area contributed by atoms with Gasteiger partial charge in [-0.2, -0.15) is 0 Å². The number of halogens is 2. The standard InChI is InChI=1S/C13H9BrFN3O/c1-19-11-7-8(15)4-5-9(11)10-3-2-6-18-12(10)16-13(14)17-18/h2-7H,1H3. The van der Waals surface area contributed by atoms with Gasteiger partial charge >= 0.3 is 0 Å². The number of ether oxygens (including phenoxy) is 1. The van der Waals surface area contributed by atoms with Gasteiger partial charge in [-0.05, 0) is 40.2 Å². The van der Waals surface area contributed by atoms with Crippen LogP contribution in [0.5, 0.6) is 5.75 Å². The first-order valence-corrected chi connectivity index (χ1v) is 6.33. The normalized spacial score (nSPS) is 10.9. The fraction of sp³-hybridized carbons (Fsp3) is 0.0769. The van der Waals surface area contributed by atoms with E-state index < -0.39 is 0 Å². The van der Waals surface area contributed by atoms with Gasteiger partial charge < -0.3 is 4.74 Å². The molecule has 0 aliphatic heterocycles. The largest absolute Gasteiger partial charge is 0.496 e. The monoisotopic (exact) mass is 321 g/mol. The molecule has 0 radical (unpaired) electrons. The minimum absolute atomic E-state index is 0.338. The van der Waals surface area contributed by atoms with E-state index in [-0.39, 0.29) is 5.82 Å². The van der Waals surface area contributed by atoms with Gasteiger partial charge in [-0.3, -0.25) is 0 Å². The predicted molar refractivity (Wildman–Crippen MR) is 72.6 cm³/mol. The van der Waals surface area contributed by atoms with E-state index in [0.29, 0.717) is 16.1 Å².